The lowest BCUT2D eigenvalue weighted by molar-refractivity contribution is 0.0782. The molecule has 6 nitrogen and oxygen atoms in total. The summed E-state index contributed by atoms with van der Waals surface area (Å²) in [4.78, 5) is 15.0. The number of hydrogen-bond donors (Lipinski definition) is 1. The van der Waals surface area contributed by atoms with E-state index in [9.17, 15) is 4.79 Å². The van der Waals surface area contributed by atoms with Crippen molar-refractivity contribution >= 4 is 17.5 Å². The van der Waals surface area contributed by atoms with Crippen LogP contribution < -0.4 is 5.73 Å². The van der Waals surface area contributed by atoms with E-state index in [-0.39, 0.29) is 17.9 Å². The molecule has 0 aliphatic carbocycles. The van der Waals surface area contributed by atoms with E-state index in [0.717, 1.165) is 16.9 Å². The Hall–Kier alpha value is -2.70. The summed E-state index contributed by atoms with van der Waals surface area (Å²) in [5, 5.41) is 9.02. The molecule has 1 fully saturated rings. The number of hydrogen-bond acceptors (Lipinski definition) is 4. The van der Waals surface area contributed by atoms with Crippen LogP contribution in [0.2, 0.25) is 5.02 Å². The van der Waals surface area contributed by atoms with E-state index in [0.29, 0.717) is 30.2 Å². The standard InChI is InChI=1S/C21H22ClN5O/c1-2-19-20(24-25-27(19)16-10-6-9-15(22)11-16)21(28)26-12-17(18(23)13-26)14-7-4-3-5-8-14/h3-11,17-18H,2,12-13,23H2,1H3/t17-,18+/m0/s1. The summed E-state index contributed by atoms with van der Waals surface area (Å²) < 4.78 is 1.68. The summed E-state index contributed by atoms with van der Waals surface area (Å²) in [5.74, 6) is -0.00258. The number of carbonyl (C=O) groups is 1. The van der Waals surface area contributed by atoms with Crippen molar-refractivity contribution in [2.75, 3.05) is 13.1 Å². The maximum Gasteiger partial charge on any atom is 0.276 e. The van der Waals surface area contributed by atoms with Crippen LogP contribution in [0.4, 0.5) is 0 Å². The summed E-state index contributed by atoms with van der Waals surface area (Å²) in [6, 6.07) is 17.4. The Balaban J connectivity index is 1.61. The Labute approximate surface area is 168 Å². The highest BCUT2D eigenvalue weighted by molar-refractivity contribution is 6.30. The Kier molecular flexibility index (Phi) is 5.15. The van der Waals surface area contributed by atoms with E-state index < -0.39 is 0 Å². The normalized spacial score (nSPS) is 19.2. The Morgan fingerprint density at radius 1 is 1.18 bits per heavy atom. The summed E-state index contributed by atoms with van der Waals surface area (Å²) in [6.07, 6.45) is 0.628. The van der Waals surface area contributed by atoms with Crippen LogP contribution >= 0.6 is 11.6 Å². The molecular formula is C21H22ClN5O. The van der Waals surface area contributed by atoms with Gasteiger partial charge in [0.15, 0.2) is 5.69 Å². The Bertz CT molecular complexity index is 987. The van der Waals surface area contributed by atoms with E-state index in [1.165, 1.54) is 0 Å². The first-order chi connectivity index (χ1) is 13.6. The van der Waals surface area contributed by atoms with Gasteiger partial charge in [0.2, 0.25) is 0 Å². The molecule has 0 bridgehead atoms. The van der Waals surface area contributed by atoms with Crippen molar-refractivity contribution < 1.29 is 4.79 Å². The molecule has 0 unspecified atom stereocenters. The van der Waals surface area contributed by atoms with Crippen molar-refractivity contribution in [3.8, 4) is 5.69 Å². The van der Waals surface area contributed by atoms with Gasteiger partial charge in [-0.3, -0.25) is 4.79 Å². The van der Waals surface area contributed by atoms with Crippen LogP contribution in [-0.2, 0) is 6.42 Å². The first kappa shape index (κ1) is 18.7. The minimum absolute atomic E-state index is 0.0978. The molecule has 0 radical (unpaired) electrons. The highest BCUT2D eigenvalue weighted by Gasteiger charge is 2.36. The molecule has 1 amide bonds. The number of carbonyl (C=O) groups excluding carboxylic acids is 1. The molecule has 28 heavy (non-hydrogen) atoms. The lowest BCUT2D eigenvalue weighted by atomic mass is 9.95. The second-order valence-electron chi connectivity index (χ2n) is 7.02. The molecule has 7 heteroatoms. The van der Waals surface area contributed by atoms with Crippen LogP contribution in [0.25, 0.3) is 5.69 Å². The van der Waals surface area contributed by atoms with Crippen LogP contribution in [0.5, 0.6) is 0 Å². The monoisotopic (exact) mass is 395 g/mol. The van der Waals surface area contributed by atoms with Crippen molar-refractivity contribution in [1.82, 2.24) is 19.9 Å². The molecule has 1 aromatic heterocycles. The van der Waals surface area contributed by atoms with E-state index in [1.807, 2.05) is 37.3 Å². The molecule has 1 aliphatic heterocycles. The van der Waals surface area contributed by atoms with Gasteiger partial charge in [-0.1, -0.05) is 60.1 Å². The molecule has 4 rings (SSSR count). The van der Waals surface area contributed by atoms with Gasteiger partial charge in [-0.2, -0.15) is 0 Å². The summed E-state index contributed by atoms with van der Waals surface area (Å²) in [6.45, 7) is 3.07. The molecule has 2 heterocycles. The second kappa shape index (κ2) is 7.73. The van der Waals surface area contributed by atoms with Crippen molar-refractivity contribution in [1.29, 1.82) is 0 Å². The highest BCUT2D eigenvalue weighted by Crippen LogP contribution is 2.28. The van der Waals surface area contributed by atoms with Gasteiger partial charge in [0.25, 0.3) is 5.91 Å². The smallest absolute Gasteiger partial charge is 0.276 e. The maximum atomic E-state index is 13.2. The van der Waals surface area contributed by atoms with Crippen LogP contribution in [0, 0.1) is 0 Å². The van der Waals surface area contributed by atoms with Gasteiger partial charge in [-0.05, 0) is 30.2 Å². The Morgan fingerprint density at radius 3 is 2.68 bits per heavy atom. The van der Waals surface area contributed by atoms with Crippen molar-refractivity contribution in [3.63, 3.8) is 0 Å². The largest absolute Gasteiger partial charge is 0.335 e. The molecule has 2 N–H and O–H groups in total. The van der Waals surface area contributed by atoms with Gasteiger partial charge in [-0.25, -0.2) is 4.68 Å². The van der Waals surface area contributed by atoms with Crippen LogP contribution in [0.1, 0.15) is 34.6 Å². The third-order valence-electron chi connectivity index (χ3n) is 5.23. The lowest BCUT2D eigenvalue weighted by Crippen LogP contribution is -2.33. The molecule has 0 saturated carbocycles. The van der Waals surface area contributed by atoms with Crippen molar-refractivity contribution in [2.45, 2.75) is 25.3 Å². The molecular weight excluding hydrogens is 374 g/mol. The van der Waals surface area contributed by atoms with E-state index in [1.54, 1.807) is 21.7 Å². The van der Waals surface area contributed by atoms with Crippen molar-refractivity contribution in [3.05, 3.63) is 76.6 Å². The Morgan fingerprint density at radius 2 is 1.96 bits per heavy atom. The van der Waals surface area contributed by atoms with Crippen LogP contribution in [0.15, 0.2) is 54.6 Å². The van der Waals surface area contributed by atoms with Gasteiger partial charge in [0.1, 0.15) is 0 Å². The molecule has 1 aliphatic rings. The summed E-state index contributed by atoms with van der Waals surface area (Å²) in [5.41, 5.74) is 9.44. The fourth-order valence-electron chi connectivity index (χ4n) is 3.80. The molecule has 144 valence electrons. The second-order valence-corrected chi connectivity index (χ2v) is 7.46. The zero-order chi connectivity index (χ0) is 19.7. The molecule has 2 atom stereocenters. The average Bonchev–Trinajstić information content (AvgIpc) is 3.31. The fourth-order valence-corrected chi connectivity index (χ4v) is 3.98. The first-order valence-electron chi connectivity index (χ1n) is 9.38. The van der Waals surface area contributed by atoms with Gasteiger partial charge in [0.05, 0.1) is 11.4 Å². The fraction of sp³-hybridized carbons (Fsp3) is 0.286. The number of nitrogens with zero attached hydrogens (tertiary/aromatic N) is 4. The van der Waals surface area contributed by atoms with Crippen LogP contribution in [0.3, 0.4) is 0 Å². The molecule has 3 aromatic rings. The number of aromatic nitrogens is 3. The highest BCUT2D eigenvalue weighted by atomic mass is 35.5. The zero-order valence-corrected chi connectivity index (χ0v) is 16.4. The SMILES string of the molecule is CCc1c(C(=O)N2C[C@@H](N)[C@H](c3ccccc3)C2)nnn1-c1cccc(Cl)c1. The summed E-state index contributed by atoms with van der Waals surface area (Å²) in [7, 11) is 0. The number of likely N-dealkylation sites (tertiary alicyclic amines) is 1. The van der Waals surface area contributed by atoms with E-state index >= 15 is 0 Å². The van der Waals surface area contributed by atoms with Gasteiger partial charge in [0, 0.05) is 30.1 Å². The van der Waals surface area contributed by atoms with E-state index in [4.69, 9.17) is 17.3 Å². The summed E-state index contributed by atoms with van der Waals surface area (Å²) >= 11 is 6.10. The third-order valence-corrected chi connectivity index (χ3v) is 5.47. The topological polar surface area (TPSA) is 77.0 Å². The molecule has 1 saturated heterocycles. The van der Waals surface area contributed by atoms with Gasteiger partial charge < -0.3 is 10.6 Å². The van der Waals surface area contributed by atoms with E-state index in [2.05, 4.69) is 22.4 Å². The van der Waals surface area contributed by atoms with Crippen LogP contribution in [-0.4, -0.2) is 44.9 Å². The number of amides is 1. The number of halogens is 1. The lowest BCUT2D eigenvalue weighted by Gasteiger charge is -2.16. The van der Waals surface area contributed by atoms with Gasteiger partial charge in [-0.15, -0.1) is 5.10 Å². The van der Waals surface area contributed by atoms with Crippen molar-refractivity contribution in [2.24, 2.45) is 5.73 Å². The zero-order valence-electron chi connectivity index (χ0n) is 15.6. The minimum Gasteiger partial charge on any atom is -0.335 e. The van der Waals surface area contributed by atoms with Gasteiger partial charge >= 0.3 is 0 Å². The third kappa shape index (κ3) is 3.41. The predicted molar refractivity (Wildman–Crippen MR) is 109 cm³/mol. The number of rotatable bonds is 4. The molecule has 2 aromatic carbocycles. The quantitative estimate of drug-likeness (QED) is 0.736. The molecule has 0 spiro atoms. The minimum atomic E-state index is -0.126. The number of nitrogens with two attached hydrogens (primary N) is 1. The number of benzene rings is 2. The predicted octanol–water partition coefficient (Wildman–Crippen LogP) is 3.05. The average molecular weight is 396 g/mol. The maximum absolute atomic E-state index is 13.2. The first-order valence-corrected chi connectivity index (χ1v) is 9.76.